The van der Waals surface area contributed by atoms with Gasteiger partial charge in [-0.25, -0.2) is 0 Å². The maximum absolute atomic E-state index is 4.19. The lowest BCUT2D eigenvalue weighted by atomic mass is 9.99. The number of allylic oxidation sites excluding steroid dienone is 3. The first-order valence-electron chi connectivity index (χ1n) is 5.05. The van der Waals surface area contributed by atoms with Gasteiger partial charge in [-0.2, -0.15) is 0 Å². The standard InChI is InChI=1S/C12H17N/c1-3-4-5-12-9(2)10-6-11(12)8-13-7-10/h3-5,10-11,13H,2,6-8H2,1H3. The van der Waals surface area contributed by atoms with Crippen LogP contribution in [0.4, 0.5) is 0 Å². The quantitative estimate of drug-likeness (QED) is 0.644. The van der Waals surface area contributed by atoms with E-state index in [0.29, 0.717) is 5.92 Å². The summed E-state index contributed by atoms with van der Waals surface area (Å²) in [6.07, 6.45) is 7.76. The zero-order valence-corrected chi connectivity index (χ0v) is 8.22. The summed E-state index contributed by atoms with van der Waals surface area (Å²) in [5, 5.41) is 3.46. The number of fused-ring (bicyclic) bond motifs is 2. The lowest BCUT2D eigenvalue weighted by Crippen LogP contribution is -2.30. The maximum Gasteiger partial charge on any atom is 0.00207 e. The number of rotatable bonds is 1. The molecule has 2 aliphatic rings. The Balaban J connectivity index is 2.24. The van der Waals surface area contributed by atoms with Gasteiger partial charge in [0.05, 0.1) is 0 Å². The van der Waals surface area contributed by atoms with Gasteiger partial charge < -0.3 is 5.32 Å². The second-order valence-corrected chi connectivity index (χ2v) is 3.96. The van der Waals surface area contributed by atoms with Crippen LogP contribution in [0.3, 0.4) is 0 Å². The maximum atomic E-state index is 4.19. The van der Waals surface area contributed by atoms with Crippen LogP contribution in [-0.4, -0.2) is 13.1 Å². The van der Waals surface area contributed by atoms with Gasteiger partial charge in [0, 0.05) is 13.1 Å². The normalized spacial score (nSPS) is 36.4. The second kappa shape index (κ2) is 3.51. The van der Waals surface area contributed by atoms with E-state index in [4.69, 9.17) is 0 Å². The first-order valence-corrected chi connectivity index (χ1v) is 5.05. The molecule has 1 heteroatoms. The van der Waals surface area contributed by atoms with Crippen molar-refractivity contribution in [2.45, 2.75) is 13.3 Å². The van der Waals surface area contributed by atoms with Gasteiger partial charge in [0.1, 0.15) is 0 Å². The highest BCUT2D eigenvalue weighted by Gasteiger charge is 2.35. The van der Waals surface area contributed by atoms with Crippen molar-refractivity contribution in [3.05, 3.63) is 36.0 Å². The third-order valence-electron chi connectivity index (χ3n) is 3.12. The molecule has 1 aliphatic heterocycles. The summed E-state index contributed by atoms with van der Waals surface area (Å²) >= 11 is 0. The van der Waals surface area contributed by atoms with Crippen LogP contribution in [0.5, 0.6) is 0 Å². The van der Waals surface area contributed by atoms with Crippen LogP contribution in [-0.2, 0) is 0 Å². The van der Waals surface area contributed by atoms with Crippen molar-refractivity contribution >= 4 is 0 Å². The van der Waals surface area contributed by atoms with E-state index in [0.717, 1.165) is 19.0 Å². The Hall–Kier alpha value is -0.820. The number of hydrogen-bond donors (Lipinski definition) is 1. The van der Waals surface area contributed by atoms with Gasteiger partial charge in [-0.15, -0.1) is 0 Å². The summed E-state index contributed by atoms with van der Waals surface area (Å²) in [6.45, 7) is 8.51. The molecule has 1 nitrogen and oxygen atoms in total. The minimum Gasteiger partial charge on any atom is -0.316 e. The average Bonchev–Trinajstić information content (AvgIpc) is 2.37. The van der Waals surface area contributed by atoms with E-state index in [9.17, 15) is 0 Å². The van der Waals surface area contributed by atoms with Crippen LogP contribution < -0.4 is 5.32 Å². The fourth-order valence-corrected chi connectivity index (χ4v) is 2.39. The molecule has 0 aromatic rings. The molecule has 70 valence electrons. The van der Waals surface area contributed by atoms with Gasteiger partial charge in [-0.1, -0.05) is 24.8 Å². The van der Waals surface area contributed by atoms with Crippen molar-refractivity contribution < 1.29 is 0 Å². The molecule has 0 amide bonds. The molecular weight excluding hydrogens is 158 g/mol. The van der Waals surface area contributed by atoms with Gasteiger partial charge in [0.25, 0.3) is 0 Å². The van der Waals surface area contributed by atoms with Crippen LogP contribution in [0.2, 0.25) is 0 Å². The summed E-state index contributed by atoms with van der Waals surface area (Å²) in [5.41, 5.74) is 2.85. The van der Waals surface area contributed by atoms with E-state index in [1.165, 1.54) is 17.6 Å². The average molecular weight is 175 g/mol. The van der Waals surface area contributed by atoms with E-state index >= 15 is 0 Å². The molecule has 2 unspecified atom stereocenters. The molecule has 0 aromatic heterocycles. The molecule has 2 bridgehead atoms. The van der Waals surface area contributed by atoms with Crippen LogP contribution in [0.25, 0.3) is 0 Å². The van der Waals surface area contributed by atoms with Gasteiger partial charge in [-0.3, -0.25) is 0 Å². The Kier molecular flexibility index (Phi) is 2.36. The molecule has 0 aromatic carbocycles. The summed E-state index contributed by atoms with van der Waals surface area (Å²) in [7, 11) is 0. The van der Waals surface area contributed by atoms with E-state index < -0.39 is 0 Å². The first-order chi connectivity index (χ1) is 6.33. The summed E-state index contributed by atoms with van der Waals surface area (Å²) in [5.74, 6) is 1.43. The molecule has 1 heterocycles. The molecule has 2 rings (SSSR count). The van der Waals surface area contributed by atoms with Crippen molar-refractivity contribution in [1.82, 2.24) is 5.32 Å². The summed E-state index contributed by atoms with van der Waals surface area (Å²) < 4.78 is 0. The van der Waals surface area contributed by atoms with Crippen LogP contribution in [0.1, 0.15) is 13.3 Å². The van der Waals surface area contributed by atoms with Crippen LogP contribution >= 0.6 is 0 Å². The van der Waals surface area contributed by atoms with E-state index in [1.807, 2.05) is 0 Å². The van der Waals surface area contributed by atoms with Crippen molar-refractivity contribution in [3.63, 3.8) is 0 Å². The molecular formula is C12H17N. The van der Waals surface area contributed by atoms with Crippen molar-refractivity contribution in [1.29, 1.82) is 0 Å². The first kappa shape index (κ1) is 8.76. The SMILES string of the molecule is C=C1C(=CC=CC)C2CNCC1C2. The molecule has 2 fully saturated rings. The molecule has 1 saturated heterocycles. The van der Waals surface area contributed by atoms with Gasteiger partial charge >= 0.3 is 0 Å². The van der Waals surface area contributed by atoms with Gasteiger partial charge in [0.15, 0.2) is 0 Å². The second-order valence-electron chi connectivity index (χ2n) is 3.96. The molecule has 0 radical (unpaired) electrons. The van der Waals surface area contributed by atoms with E-state index in [-0.39, 0.29) is 0 Å². The highest BCUT2D eigenvalue weighted by molar-refractivity contribution is 5.41. The summed E-state index contributed by atoms with van der Waals surface area (Å²) in [6, 6.07) is 0. The highest BCUT2D eigenvalue weighted by Crippen LogP contribution is 2.41. The van der Waals surface area contributed by atoms with Crippen molar-refractivity contribution in [2.75, 3.05) is 13.1 Å². The Labute approximate surface area is 80.2 Å². The Morgan fingerprint density at radius 3 is 2.85 bits per heavy atom. The molecule has 0 spiro atoms. The zero-order valence-electron chi connectivity index (χ0n) is 8.22. The van der Waals surface area contributed by atoms with Gasteiger partial charge in [-0.05, 0) is 36.3 Å². The molecule has 1 saturated carbocycles. The number of hydrogen-bond acceptors (Lipinski definition) is 1. The minimum absolute atomic E-state index is 0.704. The Morgan fingerprint density at radius 1 is 1.38 bits per heavy atom. The number of piperidine rings is 1. The third-order valence-corrected chi connectivity index (χ3v) is 3.12. The predicted octanol–water partition coefficient (Wildman–Crippen LogP) is 2.28. The fourth-order valence-electron chi connectivity index (χ4n) is 2.39. The monoisotopic (exact) mass is 175 g/mol. The van der Waals surface area contributed by atoms with Gasteiger partial charge in [0.2, 0.25) is 0 Å². The van der Waals surface area contributed by atoms with Crippen LogP contribution in [0, 0.1) is 11.8 Å². The largest absolute Gasteiger partial charge is 0.316 e. The molecule has 1 aliphatic carbocycles. The van der Waals surface area contributed by atoms with E-state index in [2.05, 4.69) is 37.0 Å². The highest BCUT2D eigenvalue weighted by atomic mass is 14.9. The Morgan fingerprint density at radius 2 is 2.15 bits per heavy atom. The van der Waals surface area contributed by atoms with Crippen LogP contribution in [0.15, 0.2) is 36.0 Å². The zero-order chi connectivity index (χ0) is 9.26. The fraction of sp³-hybridized carbons (Fsp3) is 0.500. The molecule has 2 atom stereocenters. The lowest BCUT2D eigenvalue weighted by molar-refractivity contribution is 0.406. The Bertz CT molecular complexity index is 273. The molecule has 1 N–H and O–H groups in total. The predicted molar refractivity (Wildman–Crippen MR) is 56.5 cm³/mol. The third kappa shape index (κ3) is 1.49. The smallest absolute Gasteiger partial charge is 0.00207 e. The van der Waals surface area contributed by atoms with E-state index in [1.54, 1.807) is 0 Å². The topological polar surface area (TPSA) is 12.0 Å². The van der Waals surface area contributed by atoms with Crippen molar-refractivity contribution in [2.24, 2.45) is 11.8 Å². The number of nitrogens with one attached hydrogen (secondary N) is 1. The summed E-state index contributed by atoms with van der Waals surface area (Å²) in [4.78, 5) is 0. The lowest BCUT2D eigenvalue weighted by Gasteiger charge is -2.18. The van der Waals surface area contributed by atoms with Crippen molar-refractivity contribution in [3.8, 4) is 0 Å². The molecule has 13 heavy (non-hydrogen) atoms. The minimum atomic E-state index is 0.704.